The second-order valence-corrected chi connectivity index (χ2v) is 8.60. The van der Waals surface area contributed by atoms with E-state index in [1.165, 1.54) is 11.8 Å². The molecule has 156 valence electrons. The highest BCUT2D eigenvalue weighted by Crippen LogP contribution is 2.30. The molecule has 5 nitrogen and oxygen atoms in total. The molecule has 1 heterocycles. The van der Waals surface area contributed by atoms with Gasteiger partial charge in [-0.2, -0.15) is 0 Å². The van der Waals surface area contributed by atoms with Crippen LogP contribution < -0.4 is 10.6 Å². The first-order valence-electron chi connectivity index (χ1n) is 9.44. The van der Waals surface area contributed by atoms with E-state index in [4.69, 9.17) is 28.2 Å². The minimum atomic E-state index is -0.190. The van der Waals surface area contributed by atoms with Crippen molar-refractivity contribution in [1.82, 2.24) is 10.3 Å². The SMILES string of the molecule is Cc1c(NC(=S)NC(=O)CSc2ccc(Cl)cc2)cccc1-c1nc2ccccc2o1. The number of nitrogens with one attached hydrogen (secondary N) is 2. The fraction of sp³-hybridized carbons (Fsp3) is 0.0870. The number of thiocarbonyl (C=S) groups is 1. The molecule has 1 aromatic heterocycles. The van der Waals surface area contributed by atoms with Gasteiger partial charge in [0.1, 0.15) is 5.52 Å². The Hall–Kier alpha value is -2.87. The molecule has 0 fully saturated rings. The Kier molecular flexibility index (Phi) is 6.56. The van der Waals surface area contributed by atoms with Crippen LogP contribution in [0.4, 0.5) is 5.69 Å². The van der Waals surface area contributed by atoms with Crippen LogP contribution in [0.5, 0.6) is 0 Å². The van der Waals surface area contributed by atoms with Crippen molar-refractivity contribution in [2.24, 2.45) is 0 Å². The van der Waals surface area contributed by atoms with Crippen molar-refractivity contribution in [2.45, 2.75) is 11.8 Å². The Balaban J connectivity index is 1.40. The number of oxazole rings is 1. The summed E-state index contributed by atoms with van der Waals surface area (Å²) in [5.41, 5.74) is 4.08. The molecule has 31 heavy (non-hydrogen) atoms. The molecule has 0 spiro atoms. The molecule has 0 saturated heterocycles. The lowest BCUT2D eigenvalue weighted by Gasteiger charge is -2.13. The Morgan fingerprint density at radius 1 is 1.10 bits per heavy atom. The number of para-hydroxylation sites is 2. The van der Waals surface area contributed by atoms with E-state index >= 15 is 0 Å². The molecular weight excluding hydrogens is 450 g/mol. The third-order valence-corrected chi connectivity index (χ3v) is 6.01. The number of carbonyl (C=O) groups is 1. The maximum absolute atomic E-state index is 12.2. The van der Waals surface area contributed by atoms with Gasteiger partial charge >= 0.3 is 0 Å². The van der Waals surface area contributed by atoms with Gasteiger partial charge in [-0.25, -0.2) is 4.98 Å². The first-order chi connectivity index (χ1) is 15.0. The fourth-order valence-corrected chi connectivity index (χ4v) is 4.03. The van der Waals surface area contributed by atoms with Crippen LogP contribution in [0.25, 0.3) is 22.6 Å². The van der Waals surface area contributed by atoms with E-state index in [1.807, 2.05) is 61.5 Å². The first kappa shape index (κ1) is 21.4. The average Bonchev–Trinajstić information content (AvgIpc) is 3.19. The average molecular weight is 468 g/mol. The van der Waals surface area contributed by atoms with Crippen LogP contribution in [-0.4, -0.2) is 21.8 Å². The molecule has 0 unspecified atom stereocenters. The van der Waals surface area contributed by atoms with Crippen LogP contribution in [0.3, 0.4) is 0 Å². The Labute approximate surface area is 194 Å². The number of thioether (sulfide) groups is 1. The molecule has 2 N–H and O–H groups in total. The zero-order chi connectivity index (χ0) is 21.8. The molecule has 4 aromatic rings. The number of halogens is 1. The smallest absolute Gasteiger partial charge is 0.236 e. The molecule has 4 rings (SSSR count). The molecule has 0 aliphatic carbocycles. The molecule has 0 aliphatic rings. The summed E-state index contributed by atoms with van der Waals surface area (Å²) in [6, 6.07) is 20.7. The van der Waals surface area contributed by atoms with E-state index < -0.39 is 0 Å². The minimum Gasteiger partial charge on any atom is -0.436 e. The summed E-state index contributed by atoms with van der Waals surface area (Å²) < 4.78 is 5.89. The summed E-state index contributed by atoms with van der Waals surface area (Å²) in [6.07, 6.45) is 0. The Morgan fingerprint density at radius 2 is 1.87 bits per heavy atom. The first-order valence-corrected chi connectivity index (χ1v) is 11.2. The molecule has 0 radical (unpaired) electrons. The molecule has 1 amide bonds. The van der Waals surface area contributed by atoms with Gasteiger partial charge in [0.05, 0.1) is 5.75 Å². The van der Waals surface area contributed by atoms with Crippen LogP contribution in [0.2, 0.25) is 5.02 Å². The van der Waals surface area contributed by atoms with Crippen LogP contribution in [0.15, 0.2) is 76.0 Å². The van der Waals surface area contributed by atoms with Crippen molar-refractivity contribution >= 4 is 63.4 Å². The van der Waals surface area contributed by atoms with Crippen LogP contribution in [-0.2, 0) is 4.79 Å². The van der Waals surface area contributed by atoms with E-state index in [2.05, 4.69) is 15.6 Å². The second kappa shape index (κ2) is 9.51. The van der Waals surface area contributed by atoms with Crippen molar-refractivity contribution in [3.63, 3.8) is 0 Å². The summed E-state index contributed by atoms with van der Waals surface area (Å²) in [4.78, 5) is 17.8. The lowest BCUT2D eigenvalue weighted by molar-refractivity contribution is -0.117. The number of anilines is 1. The maximum atomic E-state index is 12.2. The molecule has 0 bridgehead atoms. The maximum Gasteiger partial charge on any atom is 0.236 e. The van der Waals surface area contributed by atoms with Crippen molar-refractivity contribution in [3.8, 4) is 11.5 Å². The molecule has 0 saturated carbocycles. The largest absolute Gasteiger partial charge is 0.436 e. The van der Waals surface area contributed by atoms with Gasteiger partial charge in [0, 0.05) is 21.2 Å². The van der Waals surface area contributed by atoms with Gasteiger partial charge in [-0.1, -0.05) is 29.8 Å². The highest BCUT2D eigenvalue weighted by Gasteiger charge is 2.14. The number of hydrogen-bond acceptors (Lipinski definition) is 5. The van der Waals surface area contributed by atoms with E-state index in [0.29, 0.717) is 10.9 Å². The van der Waals surface area contributed by atoms with Gasteiger partial charge in [-0.15, -0.1) is 11.8 Å². The number of rotatable bonds is 5. The number of benzene rings is 3. The molecule has 3 aromatic carbocycles. The highest BCUT2D eigenvalue weighted by atomic mass is 35.5. The topological polar surface area (TPSA) is 67.2 Å². The van der Waals surface area contributed by atoms with Crippen LogP contribution >= 0.6 is 35.6 Å². The second-order valence-electron chi connectivity index (χ2n) is 6.71. The van der Waals surface area contributed by atoms with Gasteiger partial charge in [0.25, 0.3) is 0 Å². The number of nitrogens with zero attached hydrogens (tertiary/aromatic N) is 1. The van der Waals surface area contributed by atoms with Gasteiger partial charge in [-0.05, 0) is 73.2 Å². The minimum absolute atomic E-state index is 0.190. The quantitative estimate of drug-likeness (QED) is 0.274. The Bertz CT molecular complexity index is 1220. The summed E-state index contributed by atoms with van der Waals surface area (Å²) in [6.45, 7) is 1.95. The zero-order valence-corrected chi connectivity index (χ0v) is 18.9. The standard InChI is InChI=1S/C23H18ClN3O2S2/c1-14-17(22-25-19-6-2-3-8-20(19)29-22)5-4-7-18(14)26-23(30)27-21(28)13-31-16-11-9-15(24)10-12-16/h2-12H,13H2,1H3,(H2,26,27,28,30). The van der Waals surface area contributed by atoms with E-state index in [-0.39, 0.29) is 16.8 Å². The molecular formula is C23H18ClN3O2S2. The molecule has 8 heteroatoms. The third kappa shape index (κ3) is 5.25. The van der Waals surface area contributed by atoms with Gasteiger partial charge in [0.2, 0.25) is 11.8 Å². The van der Waals surface area contributed by atoms with Crippen molar-refractivity contribution in [2.75, 3.05) is 11.1 Å². The normalized spacial score (nSPS) is 10.8. The Morgan fingerprint density at radius 3 is 2.65 bits per heavy atom. The third-order valence-electron chi connectivity index (χ3n) is 4.54. The number of amides is 1. The molecule has 0 aliphatic heterocycles. The fourth-order valence-electron chi connectivity index (χ4n) is 2.99. The number of fused-ring (bicyclic) bond motifs is 1. The van der Waals surface area contributed by atoms with E-state index in [1.54, 1.807) is 12.1 Å². The summed E-state index contributed by atoms with van der Waals surface area (Å²) in [5, 5.41) is 6.70. The summed E-state index contributed by atoms with van der Waals surface area (Å²) in [7, 11) is 0. The van der Waals surface area contributed by atoms with Gasteiger partial charge in [-0.3, -0.25) is 4.79 Å². The zero-order valence-electron chi connectivity index (χ0n) is 16.5. The monoisotopic (exact) mass is 467 g/mol. The van der Waals surface area contributed by atoms with E-state index in [0.717, 1.165) is 32.8 Å². The van der Waals surface area contributed by atoms with Gasteiger partial charge < -0.3 is 15.1 Å². The summed E-state index contributed by atoms with van der Waals surface area (Å²) >= 11 is 12.6. The molecule has 0 atom stereocenters. The lowest BCUT2D eigenvalue weighted by Crippen LogP contribution is -2.35. The predicted molar refractivity (Wildman–Crippen MR) is 131 cm³/mol. The number of aromatic nitrogens is 1. The highest BCUT2D eigenvalue weighted by molar-refractivity contribution is 8.00. The predicted octanol–water partition coefficient (Wildman–Crippen LogP) is 6.06. The number of hydrogen-bond donors (Lipinski definition) is 2. The van der Waals surface area contributed by atoms with Crippen molar-refractivity contribution < 1.29 is 9.21 Å². The van der Waals surface area contributed by atoms with Crippen LogP contribution in [0, 0.1) is 6.92 Å². The lowest BCUT2D eigenvalue weighted by atomic mass is 10.1. The summed E-state index contributed by atoms with van der Waals surface area (Å²) in [5.74, 6) is 0.590. The van der Waals surface area contributed by atoms with Gasteiger partial charge in [0.15, 0.2) is 10.7 Å². The number of carbonyl (C=O) groups excluding carboxylic acids is 1. The van der Waals surface area contributed by atoms with Crippen molar-refractivity contribution in [3.05, 3.63) is 77.3 Å². The van der Waals surface area contributed by atoms with Crippen molar-refractivity contribution in [1.29, 1.82) is 0 Å². The van der Waals surface area contributed by atoms with Crippen LogP contribution in [0.1, 0.15) is 5.56 Å². The van der Waals surface area contributed by atoms with E-state index in [9.17, 15) is 4.79 Å².